The molecule has 3 nitrogen and oxygen atoms in total. The fourth-order valence-corrected chi connectivity index (χ4v) is 2.03. The molecule has 0 aliphatic heterocycles. The van der Waals surface area contributed by atoms with Gasteiger partial charge in [0.25, 0.3) is 0 Å². The lowest BCUT2D eigenvalue weighted by Gasteiger charge is -2.09. The van der Waals surface area contributed by atoms with Crippen molar-refractivity contribution >= 4 is 34.9 Å². The monoisotopic (exact) mass is 309 g/mol. The van der Waals surface area contributed by atoms with Crippen molar-refractivity contribution in [2.75, 3.05) is 12.4 Å². The Balaban J connectivity index is 2.10. The van der Waals surface area contributed by atoms with Crippen LogP contribution >= 0.6 is 23.2 Å². The lowest BCUT2D eigenvalue weighted by molar-refractivity contribution is 0.0601. The largest absolute Gasteiger partial charge is 0.465 e. The fraction of sp³-hybridized carbons (Fsp3) is 0.133. The van der Waals surface area contributed by atoms with Gasteiger partial charge in [-0.25, -0.2) is 4.79 Å². The molecule has 104 valence electrons. The van der Waals surface area contributed by atoms with Crippen molar-refractivity contribution < 1.29 is 9.53 Å². The second kappa shape index (κ2) is 6.64. The molecule has 0 saturated heterocycles. The molecule has 2 rings (SSSR count). The Bertz CT molecular complexity index is 612. The van der Waals surface area contributed by atoms with E-state index in [1.54, 1.807) is 12.1 Å². The lowest BCUT2D eigenvalue weighted by atomic mass is 10.2. The molecule has 2 aromatic carbocycles. The van der Waals surface area contributed by atoms with Crippen LogP contribution in [0.15, 0.2) is 42.5 Å². The predicted molar refractivity (Wildman–Crippen MR) is 81.6 cm³/mol. The van der Waals surface area contributed by atoms with E-state index in [-0.39, 0.29) is 0 Å². The molecule has 0 aliphatic carbocycles. The highest BCUT2D eigenvalue weighted by Gasteiger charge is 2.11. The molecule has 0 aromatic heterocycles. The fourth-order valence-electron chi connectivity index (χ4n) is 1.71. The van der Waals surface area contributed by atoms with E-state index in [1.165, 1.54) is 7.11 Å². The van der Waals surface area contributed by atoms with Gasteiger partial charge in [-0.05, 0) is 35.9 Å². The van der Waals surface area contributed by atoms with E-state index >= 15 is 0 Å². The number of carbonyl (C=O) groups excluding carboxylic acids is 1. The number of halogens is 2. The highest BCUT2D eigenvalue weighted by molar-refractivity contribution is 6.33. The summed E-state index contributed by atoms with van der Waals surface area (Å²) in [5.41, 5.74) is 2.23. The molecular formula is C15H13Cl2NO2. The van der Waals surface area contributed by atoms with Crippen LogP contribution in [0.4, 0.5) is 5.69 Å². The summed E-state index contributed by atoms with van der Waals surface area (Å²) in [6, 6.07) is 12.7. The molecule has 5 heteroatoms. The molecule has 0 bridgehead atoms. The van der Waals surface area contributed by atoms with Crippen molar-refractivity contribution in [3.8, 4) is 0 Å². The first-order valence-corrected chi connectivity index (χ1v) is 6.72. The molecule has 0 atom stereocenters. The quantitative estimate of drug-likeness (QED) is 0.851. The standard InChI is InChI=1S/C15H13Cl2NO2/c1-20-15(19)13-8-12(6-7-14(13)17)18-9-10-2-4-11(16)5-3-10/h2-8,18H,9H2,1H3. The molecule has 0 fully saturated rings. The van der Waals surface area contributed by atoms with Gasteiger partial charge in [0.15, 0.2) is 0 Å². The van der Waals surface area contributed by atoms with Gasteiger partial charge < -0.3 is 10.1 Å². The third kappa shape index (κ3) is 3.65. The first-order chi connectivity index (χ1) is 9.60. The summed E-state index contributed by atoms with van der Waals surface area (Å²) in [4.78, 5) is 11.5. The smallest absolute Gasteiger partial charge is 0.339 e. The maximum Gasteiger partial charge on any atom is 0.339 e. The highest BCUT2D eigenvalue weighted by Crippen LogP contribution is 2.22. The van der Waals surface area contributed by atoms with Crippen molar-refractivity contribution in [2.24, 2.45) is 0 Å². The number of esters is 1. The molecule has 1 N–H and O–H groups in total. The van der Waals surface area contributed by atoms with Gasteiger partial charge in [0.1, 0.15) is 0 Å². The Morgan fingerprint density at radius 3 is 2.50 bits per heavy atom. The zero-order valence-corrected chi connectivity index (χ0v) is 12.3. The third-order valence-corrected chi connectivity index (χ3v) is 3.36. The molecule has 0 saturated carbocycles. The van der Waals surface area contributed by atoms with Crippen molar-refractivity contribution in [1.29, 1.82) is 0 Å². The Kier molecular flexibility index (Phi) is 4.88. The van der Waals surface area contributed by atoms with Crippen LogP contribution in [0.2, 0.25) is 10.0 Å². The second-order valence-electron chi connectivity index (χ2n) is 4.17. The zero-order chi connectivity index (χ0) is 14.5. The van der Waals surface area contributed by atoms with E-state index in [1.807, 2.05) is 30.3 Å². The molecule has 0 aliphatic rings. The van der Waals surface area contributed by atoms with Crippen LogP contribution in [0, 0.1) is 0 Å². The first-order valence-electron chi connectivity index (χ1n) is 5.96. The van der Waals surface area contributed by atoms with E-state index in [4.69, 9.17) is 23.2 Å². The predicted octanol–water partition coefficient (Wildman–Crippen LogP) is 4.39. The zero-order valence-electron chi connectivity index (χ0n) is 10.8. The van der Waals surface area contributed by atoms with Crippen LogP contribution < -0.4 is 5.32 Å². The number of anilines is 1. The van der Waals surface area contributed by atoms with Gasteiger partial charge in [0, 0.05) is 17.3 Å². The Labute approximate surface area is 127 Å². The number of hydrogen-bond acceptors (Lipinski definition) is 3. The molecular weight excluding hydrogens is 297 g/mol. The molecule has 20 heavy (non-hydrogen) atoms. The minimum absolute atomic E-state index is 0.343. The van der Waals surface area contributed by atoms with Crippen molar-refractivity contribution in [2.45, 2.75) is 6.54 Å². The van der Waals surface area contributed by atoms with Gasteiger partial charge >= 0.3 is 5.97 Å². The first kappa shape index (κ1) is 14.7. The summed E-state index contributed by atoms with van der Waals surface area (Å²) < 4.78 is 4.68. The maximum atomic E-state index is 11.5. The van der Waals surface area contributed by atoms with Gasteiger partial charge in [-0.1, -0.05) is 35.3 Å². The van der Waals surface area contributed by atoms with E-state index in [0.29, 0.717) is 22.2 Å². The molecule has 0 radical (unpaired) electrons. The van der Waals surface area contributed by atoms with Crippen molar-refractivity contribution in [3.63, 3.8) is 0 Å². The van der Waals surface area contributed by atoms with Crippen LogP contribution in [-0.4, -0.2) is 13.1 Å². The summed E-state index contributed by atoms with van der Waals surface area (Å²) in [5.74, 6) is -0.454. The summed E-state index contributed by atoms with van der Waals surface area (Å²) in [6.07, 6.45) is 0. The normalized spacial score (nSPS) is 10.2. The molecule has 0 heterocycles. The van der Waals surface area contributed by atoms with Crippen LogP contribution in [0.3, 0.4) is 0 Å². The maximum absolute atomic E-state index is 11.5. The average Bonchev–Trinajstić information content (AvgIpc) is 2.47. The number of methoxy groups -OCH3 is 1. The number of carbonyl (C=O) groups is 1. The topological polar surface area (TPSA) is 38.3 Å². The van der Waals surface area contributed by atoms with Crippen molar-refractivity contribution in [3.05, 3.63) is 63.6 Å². The minimum Gasteiger partial charge on any atom is -0.465 e. The molecule has 0 spiro atoms. The van der Waals surface area contributed by atoms with Gasteiger partial charge in [-0.2, -0.15) is 0 Å². The summed E-state index contributed by atoms with van der Waals surface area (Å²) in [5, 5.41) is 4.29. The van der Waals surface area contributed by atoms with Gasteiger partial charge in [0.2, 0.25) is 0 Å². The summed E-state index contributed by atoms with van der Waals surface area (Å²) in [6.45, 7) is 0.624. The van der Waals surface area contributed by atoms with Crippen molar-refractivity contribution in [1.82, 2.24) is 0 Å². The number of ether oxygens (including phenoxy) is 1. The minimum atomic E-state index is -0.454. The Morgan fingerprint density at radius 2 is 1.85 bits per heavy atom. The molecule has 2 aromatic rings. The van der Waals surface area contributed by atoms with Gasteiger partial charge in [-0.15, -0.1) is 0 Å². The molecule has 0 unspecified atom stereocenters. The van der Waals surface area contributed by atoms with Gasteiger partial charge in [-0.3, -0.25) is 0 Å². The van der Waals surface area contributed by atoms with Crippen LogP contribution in [-0.2, 0) is 11.3 Å². The number of hydrogen-bond donors (Lipinski definition) is 1. The molecule has 0 amide bonds. The van der Waals surface area contributed by atoms with E-state index in [2.05, 4.69) is 10.1 Å². The third-order valence-electron chi connectivity index (χ3n) is 2.78. The summed E-state index contributed by atoms with van der Waals surface area (Å²) >= 11 is 11.8. The number of benzene rings is 2. The van der Waals surface area contributed by atoms with E-state index < -0.39 is 5.97 Å². The summed E-state index contributed by atoms with van der Waals surface area (Å²) in [7, 11) is 1.33. The van der Waals surface area contributed by atoms with E-state index in [9.17, 15) is 4.79 Å². The van der Waals surface area contributed by atoms with E-state index in [0.717, 1.165) is 11.3 Å². The number of nitrogens with one attached hydrogen (secondary N) is 1. The SMILES string of the molecule is COC(=O)c1cc(NCc2ccc(Cl)cc2)ccc1Cl. The van der Waals surface area contributed by atoms with Crippen LogP contribution in [0.5, 0.6) is 0 Å². The lowest BCUT2D eigenvalue weighted by Crippen LogP contribution is -2.04. The Hall–Kier alpha value is -1.71. The van der Waals surface area contributed by atoms with Gasteiger partial charge in [0.05, 0.1) is 17.7 Å². The second-order valence-corrected chi connectivity index (χ2v) is 5.01. The van der Waals surface area contributed by atoms with Crippen LogP contribution in [0.25, 0.3) is 0 Å². The number of rotatable bonds is 4. The average molecular weight is 310 g/mol. The Morgan fingerprint density at radius 1 is 1.15 bits per heavy atom. The highest BCUT2D eigenvalue weighted by atomic mass is 35.5. The van der Waals surface area contributed by atoms with Crippen LogP contribution in [0.1, 0.15) is 15.9 Å².